The van der Waals surface area contributed by atoms with Gasteiger partial charge in [0.15, 0.2) is 11.6 Å². The molecule has 92 valence electrons. The van der Waals surface area contributed by atoms with Crippen LogP contribution < -0.4 is 16.2 Å². The van der Waals surface area contributed by atoms with Gasteiger partial charge in [0, 0.05) is 17.3 Å². The number of carbonyl (C=O) groups excluding carboxylic acids is 1. The average Bonchev–Trinajstić information content (AvgIpc) is 2.33. The third kappa shape index (κ3) is 2.57. The van der Waals surface area contributed by atoms with Crippen molar-refractivity contribution in [1.82, 2.24) is 0 Å². The fraction of sp³-hybridized carbons (Fsp3) is 0. The molecule has 5 heteroatoms. The highest BCUT2D eigenvalue weighted by molar-refractivity contribution is 5.93. The highest BCUT2D eigenvalue weighted by atomic mass is 19.1. The van der Waals surface area contributed by atoms with Gasteiger partial charge in [-0.1, -0.05) is 6.07 Å². The highest BCUT2D eigenvalue weighted by Crippen LogP contribution is 2.26. The Kier molecular flexibility index (Phi) is 3.14. The van der Waals surface area contributed by atoms with Crippen molar-refractivity contribution in [2.45, 2.75) is 0 Å². The maximum atomic E-state index is 13.5. The fourth-order valence-electron chi connectivity index (χ4n) is 1.44. The number of benzene rings is 2. The van der Waals surface area contributed by atoms with Crippen molar-refractivity contribution in [2.75, 3.05) is 5.73 Å². The standard InChI is InChI=1S/C13H11FN2O2/c14-11-7-9(15)4-5-12(11)18-10-3-1-2-8(6-10)13(16)17/h1-7H,15H2,(H2,16,17). The number of nitrogen functional groups attached to an aromatic ring is 1. The van der Waals surface area contributed by atoms with E-state index in [1.54, 1.807) is 18.2 Å². The summed E-state index contributed by atoms with van der Waals surface area (Å²) in [6.45, 7) is 0. The molecule has 0 aliphatic rings. The molecule has 0 aromatic heterocycles. The van der Waals surface area contributed by atoms with Crippen LogP contribution in [-0.2, 0) is 0 Å². The Bertz CT molecular complexity index is 599. The van der Waals surface area contributed by atoms with Crippen LogP contribution in [0.4, 0.5) is 10.1 Å². The number of nitrogens with two attached hydrogens (primary N) is 2. The molecule has 0 unspecified atom stereocenters. The lowest BCUT2D eigenvalue weighted by Gasteiger charge is -2.07. The van der Waals surface area contributed by atoms with Crippen LogP contribution in [0, 0.1) is 5.82 Å². The second-order valence-corrected chi connectivity index (χ2v) is 3.68. The second-order valence-electron chi connectivity index (χ2n) is 3.68. The van der Waals surface area contributed by atoms with Crippen molar-refractivity contribution in [3.63, 3.8) is 0 Å². The predicted molar refractivity (Wildman–Crippen MR) is 65.8 cm³/mol. The first-order valence-corrected chi connectivity index (χ1v) is 5.19. The quantitative estimate of drug-likeness (QED) is 0.815. The summed E-state index contributed by atoms with van der Waals surface area (Å²) in [4.78, 5) is 11.0. The summed E-state index contributed by atoms with van der Waals surface area (Å²) in [5.41, 5.74) is 11.2. The van der Waals surface area contributed by atoms with Crippen LogP contribution in [0.25, 0.3) is 0 Å². The first kappa shape index (κ1) is 11.9. The van der Waals surface area contributed by atoms with Crippen molar-refractivity contribution in [3.8, 4) is 11.5 Å². The zero-order chi connectivity index (χ0) is 13.1. The number of carbonyl (C=O) groups is 1. The summed E-state index contributed by atoms with van der Waals surface area (Å²) in [5.74, 6) is -0.779. The van der Waals surface area contributed by atoms with Gasteiger partial charge in [0.2, 0.25) is 5.91 Å². The van der Waals surface area contributed by atoms with Crippen LogP contribution in [0.5, 0.6) is 11.5 Å². The van der Waals surface area contributed by atoms with Gasteiger partial charge in [-0.15, -0.1) is 0 Å². The minimum Gasteiger partial charge on any atom is -0.454 e. The summed E-state index contributed by atoms with van der Waals surface area (Å²) in [6.07, 6.45) is 0. The number of hydrogen-bond donors (Lipinski definition) is 2. The van der Waals surface area contributed by atoms with E-state index in [2.05, 4.69) is 0 Å². The summed E-state index contributed by atoms with van der Waals surface area (Å²) >= 11 is 0. The highest BCUT2D eigenvalue weighted by Gasteiger charge is 2.07. The molecule has 0 saturated heterocycles. The molecule has 18 heavy (non-hydrogen) atoms. The number of halogens is 1. The van der Waals surface area contributed by atoms with Gasteiger partial charge in [0.25, 0.3) is 0 Å². The molecule has 0 aliphatic carbocycles. The Labute approximate surface area is 103 Å². The molecule has 0 bridgehead atoms. The van der Waals surface area contributed by atoms with Crippen molar-refractivity contribution < 1.29 is 13.9 Å². The Balaban J connectivity index is 2.28. The van der Waals surface area contributed by atoms with Gasteiger partial charge >= 0.3 is 0 Å². The lowest BCUT2D eigenvalue weighted by atomic mass is 10.2. The van der Waals surface area contributed by atoms with Gasteiger partial charge in [-0.2, -0.15) is 0 Å². The van der Waals surface area contributed by atoms with E-state index in [1.165, 1.54) is 18.2 Å². The molecule has 4 N–H and O–H groups in total. The van der Waals surface area contributed by atoms with Crippen LogP contribution in [0.3, 0.4) is 0 Å². The van der Waals surface area contributed by atoms with Crippen LogP contribution >= 0.6 is 0 Å². The maximum absolute atomic E-state index is 13.5. The number of ether oxygens (including phenoxy) is 1. The van der Waals surface area contributed by atoms with Crippen LogP contribution in [0.15, 0.2) is 42.5 Å². The summed E-state index contributed by atoms with van der Waals surface area (Å²) < 4.78 is 18.8. The largest absolute Gasteiger partial charge is 0.454 e. The third-order valence-electron chi connectivity index (χ3n) is 2.30. The van der Waals surface area contributed by atoms with E-state index in [-0.39, 0.29) is 5.75 Å². The van der Waals surface area contributed by atoms with Gasteiger partial charge in [0.05, 0.1) is 0 Å². The van der Waals surface area contributed by atoms with E-state index in [9.17, 15) is 9.18 Å². The molecule has 0 atom stereocenters. The van der Waals surface area contributed by atoms with Crippen molar-refractivity contribution in [2.24, 2.45) is 5.73 Å². The minimum atomic E-state index is -0.571. The van der Waals surface area contributed by atoms with E-state index in [0.29, 0.717) is 17.0 Å². The molecule has 2 aromatic rings. The number of hydrogen-bond acceptors (Lipinski definition) is 3. The number of anilines is 1. The molecule has 0 heterocycles. The zero-order valence-corrected chi connectivity index (χ0v) is 9.39. The number of amides is 1. The van der Waals surface area contributed by atoms with E-state index in [1.807, 2.05) is 0 Å². The molecule has 0 radical (unpaired) electrons. The lowest BCUT2D eigenvalue weighted by molar-refractivity contribution is 0.1000. The van der Waals surface area contributed by atoms with Gasteiger partial charge in [-0.05, 0) is 30.3 Å². The van der Waals surface area contributed by atoms with Crippen molar-refractivity contribution in [1.29, 1.82) is 0 Å². The molecule has 0 saturated carbocycles. The summed E-state index contributed by atoms with van der Waals surface area (Å²) in [6, 6.07) is 10.3. The Hall–Kier alpha value is -2.56. The first-order valence-electron chi connectivity index (χ1n) is 5.19. The molecule has 2 aromatic carbocycles. The first-order chi connectivity index (χ1) is 8.56. The smallest absolute Gasteiger partial charge is 0.248 e. The lowest BCUT2D eigenvalue weighted by Crippen LogP contribution is -2.10. The molecule has 0 spiro atoms. The Morgan fingerprint density at radius 3 is 2.61 bits per heavy atom. The van der Waals surface area contributed by atoms with E-state index in [4.69, 9.17) is 16.2 Å². The van der Waals surface area contributed by atoms with Crippen molar-refractivity contribution in [3.05, 3.63) is 53.8 Å². The normalized spacial score (nSPS) is 10.1. The summed E-state index contributed by atoms with van der Waals surface area (Å²) in [5, 5.41) is 0. The predicted octanol–water partition coefficient (Wildman–Crippen LogP) is 2.30. The van der Waals surface area contributed by atoms with Crippen LogP contribution in [0.2, 0.25) is 0 Å². The molecule has 2 rings (SSSR count). The van der Waals surface area contributed by atoms with Gasteiger partial charge in [-0.3, -0.25) is 4.79 Å². The topological polar surface area (TPSA) is 78.3 Å². The van der Waals surface area contributed by atoms with Crippen LogP contribution in [0.1, 0.15) is 10.4 Å². The zero-order valence-electron chi connectivity index (χ0n) is 9.39. The maximum Gasteiger partial charge on any atom is 0.248 e. The SMILES string of the molecule is NC(=O)c1cccc(Oc2ccc(N)cc2F)c1. The van der Waals surface area contributed by atoms with E-state index < -0.39 is 11.7 Å². The fourth-order valence-corrected chi connectivity index (χ4v) is 1.44. The molecule has 0 fully saturated rings. The Morgan fingerprint density at radius 1 is 1.17 bits per heavy atom. The molecule has 0 aliphatic heterocycles. The average molecular weight is 246 g/mol. The van der Waals surface area contributed by atoms with E-state index >= 15 is 0 Å². The van der Waals surface area contributed by atoms with Crippen LogP contribution in [-0.4, -0.2) is 5.91 Å². The van der Waals surface area contributed by atoms with E-state index in [0.717, 1.165) is 6.07 Å². The van der Waals surface area contributed by atoms with Crippen molar-refractivity contribution >= 4 is 11.6 Å². The number of primary amides is 1. The Morgan fingerprint density at radius 2 is 1.94 bits per heavy atom. The molecule has 4 nitrogen and oxygen atoms in total. The summed E-state index contributed by atoms with van der Waals surface area (Å²) in [7, 11) is 0. The second kappa shape index (κ2) is 4.75. The van der Waals surface area contributed by atoms with Gasteiger partial charge in [0.1, 0.15) is 5.75 Å². The monoisotopic (exact) mass is 246 g/mol. The number of rotatable bonds is 3. The molecular weight excluding hydrogens is 235 g/mol. The minimum absolute atomic E-state index is 0.0332. The third-order valence-corrected chi connectivity index (χ3v) is 2.30. The van der Waals surface area contributed by atoms with Gasteiger partial charge in [-0.25, -0.2) is 4.39 Å². The molecule has 1 amide bonds. The van der Waals surface area contributed by atoms with Gasteiger partial charge < -0.3 is 16.2 Å². The molecular formula is C13H11FN2O2.